The number of fused-ring (bicyclic) bond motifs is 3. The minimum atomic E-state index is -4.35. The first-order valence-electron chi connectivity index (χ1n) is 9.84. The average Bonchev–Trinajstić information content (AvgIpc) is 2.78. The van der Waals surface area contributed by atoms with Crippen LogP contribution >= 0.6 is 0 Å². The fourth-order valence-electron chi connectivity index (χ4n) is 4.44. The molecule has 0 aromatic heterocycles. The van der Waals surface area contributed by atoms with Crippen LogP contribution in [-0.2, 0) is 18.0 Å². The Labute approximate surface area is 172 Å². The van der Waals surface area contributed by atoms with Gasteiger partial charge in [-0.25, -0.2) is 0 Å². The molecule has 0 saturated carbocycles. The molecule has 1 aliphatic heterocycles. The molecule has 1 heterocycles. The maximum absolute atomic E-state index is 13.1. The molecule has 0 aliphatic carbocycles. The summed E-state index contributed by atoms with van der Waals surface area (Å²) < 4.78 is 45.6. The van der Waals surface area contributed by atoms with E-state index in [0.717, 1.165) is 45.3 Å². The molecule has 0 amide bonds. The second-order valence-corrected chi connectivity index (χ2v) is 7.76. The molecule has 0 saturated heterocycles. The average molecular weight is 404 g/mol. The molecule has 1 unspecified atom stereocenters. The van der Waals surface area contributed by atoms with Crippen LogP contribution in [0.4, 0.5) is 13.2 Å². The highest BCUT2D eigenvalue weighted by Gasteiger charge is 2.40. The van der Waals surface area contributed by atoms with Crippen molar-refractivity contribution in [3.8, 4) is 5.75 Å². The standard InChI is InChI=1S/C26H19F3O/c27-26(28,29)22-14-12-21(13-15-22)25(20-7-2-1-3-8-20)16-19-11-10-18-6-4-5-9-23(18)24(19)30-17-25/h1-15H,16-17H2. The van der Waals surface area contributed by atoms with Gasteiger partial charge in [0, 0.05) is 5.39 Å². The van der Waals surface area contributed by atoms with Crippen molar-refractivity contribution < 1.29 is 17.9 Å². The highest BCUT2D eigenvalue weighted by atomic mass is 19.4. The van der Waals surface area contributed by atoms with Crippen LogP contribution in [0.15, 0.2) is 91.0 Å². The van der Waals surface area contributed by atoms with Crippen molar-refractivity contribution in [1.82, 2.24) is 0 Å². The molecule has 0 bridgehead atoms. The second kappa shape index (κ2) is 6.91. The molecule has 0 N–H and O–H groups in total. The summed E-state index contributed by atoms with van der Waals surface area (Å²) in [5.41, 5.74) is 1.71. The molecular weight excluding hydrogens is 385 g/mol. The van der Waals surface area contributed by atoms with Crippen molar-refractivity contribution in [2.75, 3.05) is 6.61 Å². The number of ether oxygens (including phenoxy) is 1. The SMILES string of the molecule is FC(F)(F)c1ccc(C2(c3ccccc3)COc3c(ccc4ccccc34)C2)cc1. The van der Waals surface area contributed by atoms with Crippen LogP contribution in [0.3, 0.4) is 0 Å². The third-order valence-electron chi connectivity index (χ3n) is 6.01. The first-order chi connectivity index (χ1) is 14.5. The van der Waals surface area contributed by atoms with E-state index in [9.17, 15) is 13.2 Å². The zero-order valence-corrected chi connectivity index (χ0v) is 16.1. The van der Waals surface area contributed by atoms with Crippen LogP contribution in [0.5, 0.6) is 5.75 Å². The van der Waals surface area contributed by atoms with Gasteiger partial charge < -0.3 is 4.74 Å². The van der Waals surface area contributed by atoms with Gasteiger partial charge in [-0.05, 0) is 40.6 Å². The zero-order chi connectivity index (χ0) is 20.8. The first kappa shape index (κ1) is 18.7. The minimum Gasteiger partial charge on any atom is -0.491 e. The number of hydrogen-bond donors (Lipinski definition) is 0. The van der Waals surface area contributed by atoms with E-state index < -0.39 is 17.2 Å². The summed E-state index contributed by atoms with van der Waals surface area (Å²) in [5, 5.41) is 2.17. The van der Waals surface area contributed by atoms with E-state index in [4.69, 9.17) is 4.74 Å². The third kappa shape index (κ3) is 3.04. The number of alkyl halides is 3. The second-order valence-electron chi connectivity index (χ2n) is 7.76. The van der Waals surface area contributed by atoms with Crippen LogP contribution in [0.2, 0.25) is 0 Å². The number of halogens is 3. The van der Waals surface area contributed by atoms with Crippen molar-refractivity contribution in [2.45, 2.75) is 18.0 Å². The van der Waals surface area contributed by atoms with Gasteiger partial charge in [-0.15, -0.1) is 0 Å². The molecule has 30 heavy (non-hydrogen) atoms. The van der Waals surface area contributed by atoms with Gasteiger partial charge in [-0.3, -0.25) is 0 Å². The molecule has 0 fully saturated rings. The minimum absolute atomic E-state index is 0.364. The summed E-state index contributed by atoms with van der Waals surface area (Å²) in [7, 11) is 0. The number of hydrogen-bond acceptors (Lipinski definition) is 1. The lowest BCUT2D eigenvalue weighted by atomic mass is 9.69. The summed E-state index contributed by atoms with van der Waals surface area (Å²) in [4.78, 5) is 0. The van der Waals surface area contributed by atoms with Crippen LogP contribution in [0.1, 0.15) is 22.3 Å². The normalized spacial score (nSPS) is 18.6. The first-order valence-corrected chi connectivity index (χ1v) is 9.84. The van der Waals surface area contributed by atoms with Crippen LogP contribution in [-0.4, -0.2) is 6.61 Å². The third-order valence-corrected chi connectivity index (χ3v) is 6.01. The Morgan fingerprint density at radius 3 is 2.10 bits per heavy atom. The number of rotatable bonds is 2. The van der Waals surface area contributed by atoms with E-state index in [1.54, 1.807) is 12.1 Å². The van der Waals surface area contributed by atoms with Gasteiger partial charge in [0.05, 0.1) is 11.0 Å². The molecule has 4 heteroatoms. The van der Waals surface area contributed by atoms with Gasteiger partial charge in [-0.1, -0.05) is 78.9 Å². The summed E-state index contributed by atoms with van der Waals surface area (Å²) >= 11 is 0. The smallest absolute Gasteiger partial charge is 0.416 e. The van der Waals surface area contributed by atoms with Crippen molar-refractivity contribution >= 4 is 10.8 Å². The summed E-state index contributed by atoms with van der Waals surface area (Å²) in [6, 6.07) is 27.6. The lowest BCUT2D eigenvalue weighted by Crippen LogP contribution is -2.40. The van der Waals surface area contributed by atoms with Crippen molar-refractivity contribution in [2.24, 2.45) is 0 Å². The molecular formula is C26H19F3O. The monoisotopic (exact) mass is 404 g/mol. The molecule has 1 atom stereocenters. The van der Waals surface area contributed by atoms with Gasteiger partial charge in [0.25, 0.3) is 0 Å². The van der Waals surface area contributed by atoms with E-state index in [2.05, 4.69) is 12.1 Å². The summed E-state index contributed by atoms with van der Waals surface area (Å²) in [6.45, 7) is 0.364. The van der Waals surface area contributed by atoms with E-state index in [-0.39, 0.29) is 0 Å². The molecule has 4 aromatic carbocycles. The Morgan fingerprint density at radius 2 is 1.37 bits per heavy atom. The van der Waals surface area contributed by atoms with E-state index in [0.29, 0.717) is 13.0 Å². The van der Waals surface area contributed by atoms with Crippen molar-refractivity contribution in [3.05, 3.63) is 113 Å². The van der Waals surface area contributed by atoms with E-state index in [1.807, 2.05) is 54.6 Å². The Hall–Kier alpha value is -3.27. The van der Waals surface area contributed by atoms with Gasteiger partial charge in [0.1, 0.15) is 12.4 Å². The van der Waals surface area contributed by atoms with Gasteiger partial charge in [-0.2, -0.15) is 13.2 Å². The Bertz CT molecular complexity index is 1200. The largest absolute Gasteiger partial charge is 0.491 e. The summed E-state index contributed by atoms with van der Waals surface area (Å²) in [6.07, 6.45) is -3.70. The quantitative estimate of drug-likeness (QED) is 0.358. The maximum atomic E-state index is 13.1. The topological polar surface area (TPSA) is 9.23 Å². The van der Waals surface area contributed by atoms with Gasteiger partial charge in [0.15, 0.2) is 0 Å². The highest BCUT2D eigenvalue weighted by Crippen LogP contribution is 2.45. The Morgan fingerprint density at radius 1 is 0.700 bits per heavy atom. The van der Waals surface area contributed by atoms with E-state index in [1.165, 1.54) is 0 Å². The predicted octanol–water partition coefficient (Wildman–Crippen LogP) is 6.78. The molecule has 0 radical (unpaired) electrons. The molecule has 1 nitrogen and oxygen atoms in total. The number of benzene rings is 4. The fourth-order valence-corrected chi connectivity index (χ4v) is 4.44. The van der Waals surface area contributed by atoms with Crippen molar-refractivity contribution in [1.29, 1.82) is 0 Å². The molecule has 5 rings (SSSR count). The van der Waals surface area contributed by atoms with Crippen LogP contribution in [0.25, 0.3) is 10.8 Å². The van der Waals surface area contributed by atoms with Crippen molar-refractivity contribution in [3.63, 3.8) is 0 Å². The molecule has 1 aliphatic rings. The fraction of sp³-hybridized carbons (Fsp3) is 0.154. The molecule has 0 spiro atoms. The maximum Gasteiger partial charge on any atom is 0.416 e. The zero-order valence-electron chi connectivity index (χ0n) is 16.1. The van der Waals surface area contributed by atoms with Gasteiger partial charge >= 0.3 is 6.18 Å². The van der Waals surface area contributed by atoms with E-state index >= 15 is 0 Å². The van der Waals surface area contributed by atoms with Gasteiger partial charge in [0.2, 0.25) is 0 Å². The van der Waals surface area contributed by atoms with Crippen LogP contribution in [0, 0.1) is 0 Å². The predicted molar refractivity (Wildman–Crippen MR) is 112 cm³/mol. The Kier molecular flexibility index (Phi) is 4.31. The molecule has 4 aromatic rings. The molecule has 150 valence electrons. The Balaban J connectivity index is 1.65. The lowest BCUT2D eigenvalue weighted by Gasteiger charge is -2.39. The van der Waals surface area contributed by atoms with Crippen LogP contribution < -0.4 is 4.74 Å². The highest BCUT2D eigenvalue weighted by molar-refractivity contribution is 5.90. The lowest BCUT2D eigenvalue weighted by molar-refractivity contribution is -0.137. The summed E-state index contributed by atoms with van der Waals surface area (Å²) in [5.74, 6) is 0.867.